The summed E-state index contributed by atoms with van der Waals surface area (Å²) in [5.41, 5.74) is 4.57. The van der Waals surface area contributed by atoms with Crippen molar-refractivity contribution in [2.75, 3.05) is 0 Å². The Bertz CT molecular complexity index is 627. The van der Waals surface area contributed by atoms with E-state index in [9.17, 15) is 9.90 Å². The second-order valence-corrected chi connectivity index (χ2v) is 5.58. The van der Waals surface area contributed by atoms with Crippen LogP contribution < -0.4 is 0 Å². The van der Waals surface area contributed by atoms with Gasteiger partial charge in [-0.25, -0.2) is 4.79 Å². The Morgan fingerprint density at radius 2 is 1.85 bits per heavy atom. The average Bonchev–Trinajstić information content (AvgIpc) is 2.38. The maximum Gasteiger partial charge on any atom is 0.335 e. The predicted octanol–water partition coefficient (Wildman–Crippen LogP) is 4.56. The van der Waals surface area contributed by atoms with Gasteiger partial charge in [-0.05, 0) is 47.6 Å². The van der Waals surface area contributed by atoms with Crippen molar-refractivity contribution in [3.05, 3.63) is 59.2 Å². The molecule has 0 amide bonds. The van der Waals surface area contributed by atoms with Gasteiger partial charge in [0, 0.05) is 0 Å². The van der Waals surface area contributed by atoms with Gasteiger partial charge in [-0.15, -0.1) is 0 Å². The smallest absolute Gasteiger partial charge is 0.335 e. The number of carbonyl (C=O) groups is 1. The van der Waals surface area contributed by atoms with E-state index in [1.54, 1.807) is 12.1 Å². The van der Waals surface area contributed by atoms with Crippen molar-refractivity contribution in [1.29, 1.82) is 0 Å². The highest BCUT2D eigenvalue weighted by atomic mass is 16.4. The van der Waals surface area contributed by atoms with Gasteiger partial charge < -0.3 is 5.11 Å². The molecule has 0 aliphatic rings. The first-order valence-corrected chi connectivity index (χ1v) is 6.91. The zero-order valence-electron chi connectivity index (χ0n) is 12.2. The second kappa shape index (κ2) is 5.91. The topological polar surface area (TPSA) is 37.3 Å². The Kier molecular flexibility index (Phi) is 4.23. The summed E-state index contributed by atoms with van der Waals surface area (Å²) in [6, 6.07) is 13.8. The summed E-state index contributed by atoms with van der Waals surface area (Å²) in [6.07, 6.45) is 1.03. The molecule has 0 saturated carbocycles. The van der Waals surface area contributed by atoms with Crippen LogP contribution in [0.25, 0.3) is 11.1 Å². The lowest BCUT2D eigenvalue weighted by Crippen LogP contribution is -2.01. The number of carboxylic acids is 1. The number of rotatable bonds is 4. The minimum Gasteiger partial charge on any atom is -0.478 e. The number of aromatic carboxylic acids is 1. The first kappa shape index (κ1) is 14.3. The van der Waals surface area contributed by atoms with Crippen LogP contribution in [-0.2, 0) is 6.42 Å². The highest BCUT2D eigenvalue weighted by molar-refractivity contribution is 5.92. The third kappa shape index (κ3) is 3.08. The molecule has 2 heteroatoms. The summed E-state index contributed by atoms with van der Waals surface area (Å²) >= 11 is 0. The van der Waals surface area contributed by atoms with E-state index < -0.39 is 5.97 Å². The third-order valence-corrected chi connectivity index (χ3v) is 3.45. The Labute approximate surface area is 120 Å². The van der Waals surface area contributed by atoms with Gasteiger partial charge in [-0.2, -0.15) is 0 Å². The normalized spacial score (nSPS) is 10.8. The van der Waals surface area contributed by atoms with E-state index in [0.717, 1.165) is 23.1 Å². The number of hydrogen-bond donors (Lipinski definition) is 1. The molecule has 1 N–H and O–H groups in total. The Morgan fingerprint density at radius 3 is 2.50 bits per heavy atom. The Balaban J connectivity index is 2.46. The SMILES string of the molecule is Cc1c(C(=O)O)cccc1-c1cccc(CC(C)C)c1. The lowest BCUT2D eigenvalue weighted by Gasteiger charge is -2.11. The first-order valence-electron chi connectivity index (χ1n) is 6.91. The van der Waals surface area contributed by atoms with Gasteiger partial charge in [0.15, 0.2) is 0 Å². The molecule has 2 nitrogen and oxygen atoms in total. The van der Waals surface area contributed by atoms with Crippen molar-refractivity contribution in [2.24, 2.45) is 5.92 Å². The fourth-order valence-corrected chi connectivity index (χ4v) is 2.52. The molecule has 0 aliphatic carbocycles. The lowest BCUT2D eigenvalue weighted by molar-refractivity contribution is 0.0696. The third-order valence-electron chi connectivity index (χ3n) is 3.45. The average molecular weight is 268 g/mol. The van der Waals surface area contributed by atoms with Crippen LogP contribution in [-0.4, -0.2) is 11.1 Å². The number of benzene rings is 2. The van der Waals surface area contributed by atoms with Crippen LogP contribution in [0.4, 0.5) is 0 Å². The maximum absolute atomic E-state index is 11.2. The van der Waals surface area contributed by atoms with Crippen LogP contribution in [0.5, 0.6) is 0 Å². The Morgan fingerprint density at radius 1 is 1.15 bits per heavy atom. The fraction of sp³-hybridized carbons (Fsp3) is 0.278. The Hall–Kier alpha value is -2.09. The molecule has 0 saturated heterocycles. The molecule has 0 radical (unpaired) electrons. The highest BCUT2D eigenvalue weighted by Gasteiger charge is 2.11. The summed E-state index contributed by atoms with van der Waals surface area (Å²) < 4.78 is 0. The van der Waals surface area contributed by atoms with E-state index in [2.05, 4.69) is 26.0 Å². The number of carboxylic acid groups (broad SMARTS) is 1. The fourth-order valence-electron chi connectivity index (χ4n) is 2.52. The van der Waals surface area contributed by atoms with E-state index in [1.807, 2.05) is 25.1 Å². The summed E-state index contributed by atoms with van der Waals surface area (Å²) in [6.45, 7) is 6.26. The zero-order chi connectivity index (χ0) is 14.7. The summed E-state index contributed by atoms with van der Waals surface area (Å²) in [5, 5.41) is 9.21. The molecule has 0 spiro atoms. The van der Waals surface area contributed by atoms with Gasteiger partial charge in [0.25, 0.3) is 0 Å². The molecule has 0 unspecified atom stereocenters. The van der Waals surface area contributed by atoms with Crippen molar-refractivity contribution in [1.82, 2.24) is 0 Å². The summed E-state index contributed by atoms with van der Waals surface area (Å²) in [4.78, 5) is 11.2. The predicted molar refractivity (Wildman–Crippen MR) is 82.1 cm³/mol. The molecule has 0 aliphatic heterocycles. The van der Waals surface area contributed by atoms with E-state index in [-0.39, 0.29) is 0 Å². The first-order chi connectivity index (χ1) is 9.49. The van der Waals surface area contributed by atoms with Crippen molar-refractivity contribution in [3.8, 4) is 11.1 Å². The van der Waals surface area contributed by atoms with Crippen molar-refractivity contribution in [3.63, 3.8) is 0 Å². The van der Waals surface area contributed by atoms with Gasteiger partial charge in [0.05, 0.1) is 5.56 Å². The van der Waals surface area contributed by atoms with Crippen LogP contribution in [0.2, 0.25) is 0 Å². The van der Waals surface area contributed by atoms with E-state index in [1.165, 1.54) is 5.56 Å². The molecule has 0 heterocycles. The van der Waals surface area contributed by atoms with E-state index >= 15 is 0 Å². The molecule has 104 valence electrons. The standard InChI is InChI=1S/C18H20O2/c1-12(2)10-14-6-4-7-15(11-14)16-8-5-9-17(13(16)3)18(19)20/h4-9,11-12H,10H2,1-3H3,(H,19,20). The molecular formula is C18H20O2. The van der Waals surface area contributed by atoms with Crippen LogP contribution in [0.15, 0.2) is 42.5 Å². The molecule has 2 aromatic rings. The molecule has 0 aromatic heterocycles. The van der Waals surface area contributed by atoms with E-state index in [4.69, 9.17) is 0 Å². The molecule has 0 bridgehead atoms. The molecule has 0 atom stereocenters. The monoisotopic (exact) mass is 268 g/mol. The minimum atomic E-state index is -0.873. The highest BCUT2D eigenvalue weighted by Crippen LogP contribution is 2.27. The van der Waals surface area contributed by atoms with E-state index in [0.29, 0.717) is 11.5 Å². The van der Waals surface area contributed by atoms with Crippen LogP contribution in [0.1, 0.15) is 35.3 Å². The molecule has 20 heavy (non-hydrogen) atoms. The van der Waals surface area contributed by atoms with Gasteiger partial charge in [-0.3, -0.25) is 0 Å². The zero-order valence-corrected chi connectivity index (χ0v) is 12.2. The molecule has 2 rings (SSSR count). The van der Waals surface area contributed by atoms with Crippen molar-refractivity contribution < 1.29 is 9.90 Å². The number of hydrogen-bond acceptors (Lipinski definition) is 1. The summed E-state index contributed by atoms with van der Waals surface area (Å²) in [5.74, 6) is -0.264. The quantitative estimate of drug-likeness (QED) is 0.882. The van der Waals surface area contributed by atoms with Crippen LogP contribution >= 0.6 is 0 Å². The van der Waals surface area contributed by atoms with Gasteiger partial charge in [-0.1, -0.05) is 50.2 Å². The lowest BCUT2D eigenvalue weighted by atomic mass is 9.93. The summed E-state index contributed by atoms with van der Waals surface area (Å²) in [7, 11) is 0. The van der Waals surface area contributed by atoms with Crippen LogP contribution in [0, 0.1) is 12.8 Å². The maximum atomic E-state index is 11.2. The molecule has 2 aromatic carbocycles. The van der Waals surface area contributed by atoms with Crippen molar-refractivity contribution >= 4 is 5.97 Å². The second-order valence-electron chi connectivity index (χ2n) is 5.58. The largest absolute Gasteiger partial charge is 0.478 e. The van der Waals surface area contributed by atoms with Gasteiger partial charge in [0.1, 0.15) is 0 Å². The van der Waals surface area contributed by atoms with Gasteiger partial charge >= 0.3 is 5.97 Å². The van der Waals surface area contributed by atoms with Crippen molar-refractivity contribution in [2.45, 2.75) is 27.2 Å². The molecular weight excluding hydrogens is 248 g/mol. The molecule has 0 fully saturated rings. The minimum absolute atomic E-state index is 0.372. The van der Waals surface area contributed by atoms with Crippen LogP contribution in [0.3, 0.4) is 0 Å². The van der Waals surface area contributed by atoms with Gasteiger partial charge in [0.2, 0.25) is 0 Å².